The fourth-order valence-corrected chi connectivity index (χ4v) is 2.10. The fourth-order valence-electron chi connectivity index (χ4n) is 1.72. The summed E-state index contributed by atoms with van der Waals surface area (Å²) in [5, 5.41) is 0. The Kier molecular flexibility index (Phi) is 4.49. The number of hydrogen-bond acceptors (Lipinski definition) is 2. The lowest BCUT2D eigenvalue weighted by Crippen LogP contribution is -2.03. The molecule has 0 unspecified atom stereocenters. The molecule has 2 rings (SSSR count). The summed E-state index contributed by atoms with van der Waals surface area (Å²) in [4.78, 5) is 11.4. The van der Waals surface area contributed by atoms with Gasteiger partial charge in [0.1, 0.15) is 24.0 Å². The van der Waals surface area contributed by atoms with Crippen molar-refractivity contribution in [3.63, 3.8) is 0 Å². The van der Waals surface area contributed by atoms with Crippen LogP contribution in [0.3, 0.4) is 0 Å². The summed E-state index contributed by atoms with van der Waals surface area (Å²) in [5.74, 6) is -0.979. The third-order valence-electron chi connectivity index (χ3n) is 2.74. The third-order valence-corrected chi connectivity index (χ3v) is 3.63. The van der Waals surface area contributed by atoms with Crippen molar-refractivity contribution in [3.05, 3.63) is 63.6 Å². The zero-order valence-electron chi connectivity index (χ0n) is 10.6. The van der Waals surface area contributed by atoms with E-state index in [1.54, 1.807) is 12.1 Å². The number of carbonyl (C=O) groups excluding carboxylic acids is 1. The van der Waals surface area contributed by atoms with Crippen molar-refractivity contribution in [2.45, 2.75) is 13.5 Å². The highest BCUT2D eigenvalue weighted by molar-refractivity contribution is 9.10. The van der Waals surface area contributed by atoms with Crippen LogP contribution in [-0.4, -0.2) is 5.78 Å². The van der Waals surface area contributed by atoms with E-state index in [-0.39, 0.29) is 18.1 Å². The second-order valence-corrected chi connectivity index (χ2v) is 4.99. The summed E-state index contributed by atoms with van der Waals surface area (Å²) < 4.78 is 32.3. The standard InChI is InChI=1S/C15H11BrF2O2/c1-9(19)12-6-5-11(17)7-14(12)20-8-10-3-2-4-13(18)15(10)16/h2-7H,8H2,1H3. The first-order chi connectivity index (χ1) is 9.49. The van der Waals surface area contributed by atoms with E-state index < -0.39 is 11.6 Å². The lowest BCUT2D eigenvalue weighted by molar-refractivity contribution is 0.101. The average Bonchev–Trinajstić information content (AvgIpc) is 2.40. The Morgan fingerprint density at radius 1 is 1.25 bits per heavy atom. The van der Waals surface area contributed by atoms with Gasteiger partial charge in [0.05, 0.1) is 10.0 Å². The summed E-state index contributed by atoms with van der Waals surface area (Å²) in [6.45, 7) is 1.40. The number of ketones is 1. The highest BCUT2D eigenvalue weighted by Crippen LogP contribution is 2.25. The Morgan fingerprint density at radius 3 is 2.70 bits per heavy atom. The van der Waals surface area contributed by atoms with Gasteiger partial charge in [-0.3, -0.25) is 4.79 Å². The van der Waals surface area contributed by atoms with Crippen molar-refractivity contribution in [1.29, 1.82) is 0 Å². The molecular formula is C15H11BrF2O2. The van der Waals surface area contributed by atoms with Crippen LogP contribution in [0, 0.1) is 11.6 Å². The summed E-state index contributed by atoms with van der Waals surface area (Å²) >= 11 is 3.12. The summed E-state index contributed by atoms with van der Waals surface area (Å²) in [6.07, 6.45) is 0. The van der Waals surface area contributed by atoms with Crippen molar-refractivity contribution in [3.8, 4) is 5.75 Å². The smallest absolute Gasteiger partial charge is 0.163 e. The summed E-state index contributed by atoms with van der Waals surface area (Å²) in [7, 11) is 0. The quantitative estimate of drug-likeness (QED) is 0.765. The Labute approximate surface area is 123 Å². The lowest BCUT2D eigenvalue weighted by Gasteiger charge is -2.11. The van der Waals surface area contributed by atoms with Gasteiger partial charge in [-0.2, -0.15) is 0 Å². The molecule has 0 aromatic heterocycles. The predicted octanol–water partition coefficient (Wildman–Crippen LogP) is 4.51. The SMILES string of the molecule is CC(=O)c1ccc(F)cc1OCc1cccc(F)c1Br. The lowest BCUT2D eigenvalue weighted by atomic mass is 10.1. The molecule has 2 aromatic rings. The van der Waals surface area contributed by atoms with E-state index in [0.717, 1.165) is 6.07 Å². The van der Waals surface area contributed by atoms with Gasteiger partial charge in [0.25, 0.3) is 0 Å². The molecule has 5 heteroatoms. The van der Waals surface area contributed by atoms with E-state index >= 15 is 0 Å². The Morgan fingerprint density at radius 2 is 2.00 bits per heavy atom. The van der Waals surface area contributed by atoms with Crippen molar-refractivity contribution in [1.82, 2.24) is 0 Å². The van der Waals surface area contributed by atoms with E-state index in [4.69, 9.17) is 4.74 Å². The molecular weight excluding hydrogens is 330 g/mol. The first kappa shape index (κ1) is 14.7. The number of Topliss-reactive ketones (excluding diaryl/α,β-unsaturated/α-hetero) is 1. The first-order valence-electron chi connectivity index (χ1n) is 5.85. The first-order valence-corrected chi connectivity index (χ1v) is 6.64. The molecule has 0 spiro atoms. The van der Waals surface area contributed by atoms with Gasteiger partial charge >= 0.3 is 0 Å². The molecule has 0 aliphatic carbocycles. The topological polar surface area (TPSA) is 26.3 Å². The van der Waals surface area contributed by atoms with Crippen molar-refractivity contribution >= 4 is 21.7 Å². The minimum atomic E-state index is -0.497. The highest BCUT2D eigenvalue weighted by atomic mass is 79.9. The van der Waals surface area contributed by atoms with Crippen LogP contribution in [0.2, 0.25) is 0 Å². The molecule has 0 aliphatic heterocycles. The van der Waals surface area contributed by atoms with Crippen LogP contribution < -0.4 is 4.74 Å². The van der Waals surface area contributed by atoms with Gasteiger partial charge in [-0.25, -0.2) is 8.78 Å². The maximum absolute atomic E-state index is 13.4. The number of halogens is 3. The van der Waals surface area contributed by atoms with Gasteiger partial charge in [0, 0.05) is 11.6 Å². The molecule has 104 valence electrons. The number of rotatable bonds is 4. The highest BCUT2D eigenvalue weighted by Gasteiger charge is 2.11. The van der Waals surface area contributed by atoms with Crippen LogP contribution in [0.5, 0.6) is 5.75 Å². The molecule has 0 saturated heterocycles. The van der Waals surface area contributed by atoms with E-state index in [9.17, 15) is 13.6 Å². The van der Waals surface area contributed by atoms with Gasteiger partial charge in [-0.1, -0.05) is 12.1 Å². The van der Waals surface area contributed by atoms with Gasteiger partial charge in [0.15, 0.2) is 5.78 Å². The molecule has 2 nitrogen and oxygen atoms in total. The molecule has 0 radical (unpaired) electrons. The van der Waals surface area contributed by atoms with Gasteiger partial charge in [-0.05, 0) is 41.1 Å². The number of benzene rings is 2. The normalized spacial score (nSPS) is 10.4. The van der Waals surface area contributed by atoms with Crippen LogP contribution in [0.15, 0.2) is 40.9 Å². The van der Waals surface area contributed by atoms with Crippen LogP contribution in [-0.2, 0) is 6.61 Å². The number of ether oxygens (including phenoxy) is 1. The number of carbonyl (C=O) groups is 1. The second kappa shape index (κ2) is 6.13. The van der Waals surface area contributed by atoms with Gasteiger partial charge in [0.2, 0.25) is 0 Å². The molecule has 0 N–H and O–H groups in total. The number of hydrogen-bond donors (Lipinski definition) is 0. The molecule has 0 fully saturated rings. The summed E-state index contributed by atoms with van der Waals surface area (Å²) in [6, 6.07) is 8.26. The van der Waals surface area contributed by atoms with Crippen LogP contribution in [0.4, 0.5) is 8.78 Å². The van der Waals surface area contributed by atoms with Gasteiger partial charge < -0.3 is 4.74 Å². The van der Waals surface area contributed by atoms with Crippen LogP contribution in [0.25, 0.3) is 0 Å². The zero-order chi connectivity index (χ0) is 14.7. The molecule has 0 heterocycles. The predicted molar refractivity (Wildman–Crippen MR) is 74.8 cm³/mol. The molecule has 0 amide bonds. The Bertz CT molecular complexity index is 656. The van der Waals surface area contributed by atoms with E-state index in [0.29, 0.717) is 15.6 Å². The minimum absolute atomic E-state index is 0.0298. The summed E-state index contributed by atoms with van der Waals surface area (Å²) in [5.41, 5.74) is 0.864. The molecule has 0 saturated carbocycles. The van der Waals surface area contributed by atoms with Crippen molar-refractivity contribution in [2.75, 3.05) is 0 Å². The molecule has 0 aliphatic rings. The van der Waals surface area contributed by atoms with E-state index in [1.807, 2.05) is 0 Å². The van der Waals surface area contributed by atoms with Crippen molar-refractivity contribution < 1.29 is 18.3 Å². The average molecular weight is 341 g/mol. The minimum Gasteiger partial charge on any atom is -0.488 e. The Hall–Kier alpha value is -1.75. The Balaban J connectivity index is 2.24. The fraction of sp³-hybridized carbons (Fsp3) is 0.133. The molecule has 0 bridgehead atoms. The van der Waals surface area contributed by atoms with E-state index in [1.165, 1.54) is 25.1 Å². The largest absolute Gasteiger partial charge is 0.488 e. The maximum atomic E-state index is 13.4. The van der Waals surface area contributed by atoms with Crippen LogP contribution >= 0.6 is 15.9 Å². The zero-order valence-corrected chi connectivity index (χ0v) is 12.2. The maximum Gasteiger partial charge on any atom is 0.163 e. The monoisotopic (exact) mass is 340 g/mol. The molecule has 2 aromatic carbocycles. The van der Waals surface area contributed by atoms with Crippen LogP contribution in [0.1, 0.15) is 22.8 Å². The second-order valence-electron chi connectivity index (χ2n) is 4.20. The van der Waals surface area contributed by atoms with E-state index in [2.05, 4.69) is 15.9 Å². The molecule has 20 heavy (non-hydrogen) atoms. The third kappa shape index (κ3) is 3.22. The van der Waals surface area contributed by atoms with Gasteiger partial charge in [-0.15, -0.1) is 0 Å². The molecule has 0 atom stereocenters. The van der Waals surface area contributed by atoms with Crippen molar-refractivity contribution in [2.24, 2.45) is 0 Å².